The molecule has 0 aliphatic heterocycles. The van der Waals surface area contributed by atoms with E-state index in [1.54, 1.807) is 38.5 Å². The van der Waals surface area contributed by atoms with Crippen molar-refractivity contribution in [2.45, 2.75) is 38.5 Å². The maximum absolute atomic E-state index is 1.62. The fourth-order valence-electron chi connectivity index (χ4n) is 3.82. The predicted octanol–water partition coefficient (Wildman–Crippen LogP) is 2.83. The van der Waals surface area contributed by atoms with Crippen molar-refractivity contribution in [1.29, 1.82) is 0 Å². The molecule has 0 aromatic heterocycles. The first-order chi connectivity index (χ1) is 4.93. The second kappa shape index (κ2) is 1.78. The molecule has 0 amide bonds. The highest BCUT2D eigenvalue weighted by molar-refractivity contribution is 4.95. The molecule has 0 heterocycles. The molecule has 10 heavy (non-hydrogen) atoms. The molecule has 3 unspecified atom stereocenters. The van der Waals surface area contributed by atoms with Crippen molar-refractivity contribution in [3.63, 3.8) is 0 Å². The van der Waals surface area contributed by atoms with Gasteiger partial charge in [-0.3, -0.25) is 0 Å². The molecular weight excluding hydrogens is 120 g/mol. The minimum Gasteiger partial charge on any atom is -0.0499 e. The summed E-state index contributed by atoms with van der Waals surface area (Å²) in [6.07, 6.45) is 9.60. The van der Waals surface area contributed by atoms with Gasteiger partial charge in [0, 0.05) is 0 Å². The summed E-state index contributed by atoms with van der Waals surface area (Å²) < 4.78 is 0. The van der Waals surface area contributed by atoms with Crippen LogP contribution >= 0.6 is 0 Å². The van der Waals surface area contributed by atoms with Crippen molar-refractivity contribution in [1.82, 2.24) is 0 Å². The molecule has 5 fully saturated rings. The predicted molar refractivity (Wildman–Crippen MR) is 41.7 cm³/mol. The van der Waals surface area contributed by atoms with E-state index in [4.69, 9.17) is 0 Å². The van der Waals surface area contributed by atoms with E-state index >= 15 is 0 Å². The first-order valence-corrected chi connectivity index (χ1v) is 4.93. The molecule has 0 radical (unpaired) electrons. The molecule has 0 aromatic carbocycles. The summed E-state index contributed by atoms with van der Waals surface area (Å²) in [6, 6.07) is 0. The first kappa shape index (κ1) is 5.62. The molecule has 4 atom stereocenters. The van der Waals surface area contributed by atoms with Crippen LogP contribution in [0.1, 0.15) is 38.5 Å². The van der Waals surface area contributed by atoms with Gasteiger partial charge < -0.3 is 0 Å². The summed E-state index contributed by atoms with van der Waals surface area (Å²) in [5.41, 5.74) is 0. The monoisotopic (exact) mass is 136 g/mol. The number of hydrogen-bond donors (Lipinski definition) is 0. The molecule has 4 bridgehead atoms. The van der Waals surface area contributed by atoms with Gasteiger partial charge in [0.25, 0.3) is 0 Å². The lowest BCUT2D eigenvalue weighted by Gasteiger charge is -2.52. The van der Waals surface area contributed by atoms with Crippen LogP contribution in [0.25, 0.3) is 0 Å². The summed E-state index contributed by atoms with van der Waals surface area (Å²) in [4.78, 5) is 0. The van der Waals surface area contributed by atoms with Crippen LogP contribution < -0.4 is 0 Å². The van der Waals surface area contributed by atoms with E-state index in [-0.39, 0.29) is 0 Å². The molecule has 0 spiro atoms. The third-order valence-corrected chi connectivity index (χ3v) is 4.36. The quantitative estimate of drug-likeness (QED) is 0.480. The third kappa shape index (κ3) is 0.580. The summed E-state index contributed by atoms with van der Waals surface area (Å²) in [5, 5.41) is 0. The second-order valence-corrected chi connectivity index (χ2v) is 4.67. The zero-order valence-electron chi connectivity index (χ0n) is 6.55. The zero-order valence-corrected chi connectivity index (χ0v) is 6.55. The van der Waals surface area contributed by atoms with E-state index in [0.29, 0.717) is 0 Å². The van der Waals surface area contributed by atoms with Gasteiger partial charge >= 0.3 is 0 Å². The Labute approximate surface area is 63.0 Å². The van der Waals surface area contributed by atoms with Crippen LogP contribution in [0.5, 0.6) is 0 Å². The van der Waals surface area contributed by atoms with Gasteiger partial charge in [0.1, 0.15) is 0 Å². The Morgan fingerprint density at radius 3 is 1.00 bits per heavy atom. The van der Waals surface area contributed by atoms with E-state index in [9.17, 15) is 0 Å². The molecule has 0 nitrogen and oxygen atoms in total. The number of hydrogen-bond acceptors (Lipinski definition) is 0. The van der Waals surface area contributed by atoms with Gasteiger partial charge in [-0.1, -0.05) is 0 Å². The van der Waals surface area contributed by atoms with Crippen LogP contribution in [0.4, 0.5) is 0 Å². The number of rotatable bonds is 0. The van der Waals surface area contributed by atoms with Gasteiger partial charge in [-0.15, -0.1) is 0 Å². The molecule has 5 saturated carbocycles. The molecule has 5 aliphatic rings. The highest BCUT2D eigenvalue weighted by atomic mass is 14.5. The molecule has 0 aromatic rings. The largest absolute Gasteiger partial charge is 0.0499 e. The van der Waals surface area contributed by atoms with Crippen LogP contribution in [-0.4, -0.2) is 0 Å². The van der Waals surface area contributed by atoms with Crippen LogP contribution in [0.3, 0.4) is 0 Å². The topological polar surface area (TPSA) is 0 Å². The van der Waals surface area contributed by atoms with Crippen molar-refractivity contribution >= 4 is 0 Å². The van der Waals surface area contributed by atoms with E-state index in [1.165, 1.54) is 23.7 Å². The minimum absolute atomic E-state index is 1.18. The van der Waals surface area contributed by atoms with Gasteiger partial charge in [-0.05, 0) is 62.2 Å². The van der Waals surface area contributed by atoms with Gasteiger partial charge in [0.15, 0.2) is 0 Å². The molecule has 0 saturated heterocycles. The van der Waals surface area contributed by atoms with Crippen molar-refractivity contribution < 1.29 is 0 Å². The normalized spacial score (nSPS) is 57.6. The Morgan fingerprint density at radius 2 is 0.800 bits per heavy atom. The highest BCUT2D eigenvalue weighted by Crippen LogP contribution is 2.55. The Kier molecular flexibility index (Phi) is 1.00. The lowest BCUT2D eigenvalue weighted by Crippen LogP contribution is -2.42. The highest BCUT2D eigenvalue weighted by Gasteiger charge is 2.44. The van der Waals surface area contributed by atoms with E-state index in [0.717, 1.165) is 0 Å². The summed E-state index contributed by atoms with van der Waals surface area (Å²) in [6.45, 7) is 0. The van der Waals surface area contributed by atoms with E-state index in [2.05, 4.69) is 0 Å². The fraction of sp³-hybridized carbons (Fsp3) is 1.00. The fourth-order valence-corrected chi connectivity index (χ4v) is 3.82. The molecule has 5 aliphatic carbocycles. The zero-order chi connectivity index (χ0) is 6.55. The lowest BCUT2D eigenvalue weighted by atomic mass is 9.53. The van der Waals surface area contributed by atoms with Crippen molar-refractivity contribution in [2.75, 3.05) is 0 Å². The Hall–Kier alpha value is 0. The van der Waals surface area contributed by atoms with Crippen LogP contribution in [0.2, 0.25) is 0 Å². The van der Waals surface area contributed by atoms with Gasteiger partial charge in [-0.2, -0.15) is 0 Å². The molecule has 0 heteroatoms. The first-order valence-electron chi connectivity index (χ1n) is 4.93. The SMILES string of the molecule is C1C[C@H]2CC3CCC2CC13. The van der Waals surface area contributed by atoms with Crippen LogP contribution in [0, 0.1) is 23.7 Å². The van der Waals surface area contributed by atoms with Crippen LogP contribution in [-0.2, 0) is 0 Å². The molecule has 5 rings (SSSR count). The summed E-state index contributed by atoms with van der Waals surface area (Å²) in [5.74, 6) is 4.74. The van der Waals surface area contributed by atoms with Crippen molar-refractivity contribution in [2.24, 2.45) is 23.7 Å². The minimum atomic E-state index is 1.18. The third-order valence-electron chi connectivity index (χ3n) is 4.36. The molecular formula is C10H16. The maximum Gasteiger partial charge on any atom is -0.0383 e. The number of fused-ring (bicyclic) bond motifs is 2. The van der Waals surface area contributed by atoms with Gasteiger partial charge in [0.05, 0.1) is 0 Å². The Balaban J connectivity index is 1.94. The smallest absolute Gasteiger partial charge is 0.0383 e. The van der Waals surface area contributed by atoms with Crippen molar-refractivity contribution in [3.8, 4) is 0 Å². The lowest BCUT2D eigenvalue weighted by molar-refractivity contribution is -0.0164. The van der Waals surface area contributed by atoms with E-state index in [1.807, 2.05) is 0 Å². The van der Waals surface area contributed by atoms with Gasteiger partial charge in [0.2, 0.25) is 0 Å². The summed E-state index contributed by atoms with van der Waals surface area (Å²) in [7, 11) is 0. The summed E-state index contributed by atoms with van der Waals surface area (Å²) >= 11 is 0. The average Bonchev–Trinajstić information content (AvgIpc) is 2.05. The van der Waals surface area contributed by atoms with Gasteiger partial charge in [-0.25, -0.2) is 0 Å². The maximum atomic E-state index is 1.62. The van der Waals surface area contributed by atoms with Crippen molar-refractivity contribution in [3.05, 3.63) is 0 Å². The Bertz CT molecular complexity index is 116. The molecule has 0 N–H and O–H groups in total. The second-order valence-electron chi connectivity index (χ2n) is 4.67. The standard InChI is InChI=1S/C10H16/c1-2-8-6-9-3-4-10(8)5-7(1)9/h7-10H,1-6H2/t7-,8?,9?,10?/m0/s1. The van der Waals surface area contributed by atoms with Crippen LogP contribution in [0.15, 0.2) is 0 Å². The molecule has 56 valence electrons. The average molecular weight is 136 g/mol. The van der Waals surface area contributed by atoms with E-state index < -0.39 is 0 Å². The Morgan fingerprint density at radius 1 is 0.500 bits per heavy atom.